The van der Waals surface area contributed by atoms with Crippen LogP contribution in [0, 0.1) is 12.8 Å². The second kappa shape index (κ2) is 6.94. The minimum absolute atomic E-state index is 0.369. The van der Waals surface area contributed by atoms with E-state index in [1.807, 2.05) is 30.3 Å². The Balaban J connectivity index is 1.69. The lowest BCUT2D eigenvalue weighted by Crippen LogP contribution is -2.39. The number of anilines is 1. The van der Waals surface area contributed by atoms with E-state index in [1.165, 1.54) is 31.2 Å². The molecule has 1 saturated carbocycles. The van der Waals surface area contributed by atoms with Crippen molar-refractivity contribution in [3.63, 3.8) is 0 Å². The molecule has 1 aromatic heterocycles. The first-order valence-electron chi connectivity index (χ1n) is 9.39. The third-order valence-corrected chi connectivity index (χ3v) is 5.52. The molecule has 0 amide bonds. The highest BCUT2D eigenvalue weighted by Gasteiger charge is 2.42. The summed E-state index contributed by atoms with van der Waals surface area (Å²) in [7, 11) is 0. The standard InChI is InChI=1S/C22H25N3O/c1-16-12-14-19(15-13-16)23-22(2,18-10-6-7-11-18)21-25-24-20(26-21)17-8-4-3-5-9-17/h3-5,8-9,12-15,18,23H,6-7,10-11H2,1-2H3. The number of aromatic nitrogens is 2. The van der Waals surface area contributed by atoms with Gasteiger partial charge in [0.2, 0.25) is 11.8 Å². The molecule has 0 spiro atoms. The van der Waals surface area contributed by atoms with Crippen LogP contribution < -0.4 is 5.32 Å². The maximum Gasteiger partial charge on any atom is 0.247 e. The van der Waals surface area contributed by atoms with E-state index in [4.69, 9.17) is 4.42 Å². The van der Waals surface area contributed by atoms with Crippen molar-refractivity contribution in [2.75, 3.05) is 5.32 Å². The van der Waals surface area contributed by atoms with E-state index < -0.39 is 0 Å². The maximum absolute atomic E-state index is 6.16. The monoisotopic (exact) mass is 347 g/mol. The van der Waals surface area contributed by atoms with Crippen LogP contribution in [0.5, 0.6) is 0 Å². The second-order valence-electron chi connectivity index (χ2n) is 7.45. The van der Waals surface area contributed by atoms with Crippen LogP contribution in [-0.2, 0) is 5.54 Å². The summed E-state index contributed by atoms with van der Waals surface area (Å²) in [4.78, 5) is 0. The molecule has 1 aliphatic rings. The number of rotatable bonds is 5. The highest BCUT2D eigenvalue weighted by molar-refractivity contribution is 5.52. The van der Waals surface area contributed by atoms with Crippen LogP contribution in [0.2, 0.25) is 0 Å². The Hall–Kier alpha value is -2.62. The van der Waals surface area contributed by atoms with Crippen molar-refractivity contribution in [2.45, 2.75) is 45.1 Å². The zero-order valence-corrected chi connectivity index (χ0v) is 15.4. The fraction of sp³-hybridized carbons (Fsp3) is 0.364. The van der Waals surface area contributed by atoms with Crippen LogP contribution in [-0.4, -0.2) is 10.2 Å². The predicted molar refractivity (Wildman–Crippen MR) is 104 cm³/mol. The van der Waals surface area contributed by atoms with Gasteiger partial charge in [-0.15, -0.1) is 10.2 Å². The van der Waals surface area contributed by atoms with Crippen molar-refractivity contribution >= 4 is 5.69 Å². The molecule has 0 radical (unpaired) electrons. The van der Waals surface area contributed by atoms with E-state index in [1.54, 1.807) is 0 Å². The van der Waals surface area contributed by atoms with E-state index in [0.717, 1.165) is 11.3 Å². The molecule has 4 heteroatoms. The molecule has 1 atom stereocenters. The Bertz CT molecular complexity index is 851. The summed E-state index contributed by atoms with van der Waals surface area (Å²) < 4.78 is 6.16. The van der Waals surface area contributed by atoms with Crippen molar-refractivity contribution in [1.82, 2.24) is 10.2 Å². The predicted octanol–water partition coefficient (Wildman–Crippen LogP) is 5.56. The molecule has 2 aromatic carbocycles. The number of hydrogen-bond donors (Lipinski definition) is 1. The molecule has 1 unspecified atom stereocenters. The molecule has 4 rings (SSSR count). The third kappa shape index (κ3) is 3.24. The summed E-state index contributed by atoms with van der Waals surface area (Å²) in [5, 5.41) is 12.5. The summed E-state index contributed by atoms with van der Waals surface area (Å²) in [5.74, 6) is 1.73. The number of nitrogens with one attached hydrogen (secondary N) is 1. The lowest BCUT2D eigenvalue weighted by atomic mass is 9.83. The van der Waals surface area contributed by atoms with Crippen LogP contribution in [0.1, 0.15) is 44.1 Å². The largest absolute Gasteiger partial charge is 0.418 e. The van der Waals surface area contributed by atoms with Crippen molar-refractivity contribution in [3.05, 3.63) is 66.1 Å². The number of benzene rings is 2. The van der Waals surface area contributed by atoms with Gasteiger partial charge in [-0.05, 0) is 56.9 Å². The van der Waals surface area contributed by atoms with E-state index in [9.17, 15) is 0 Å². The number of hydrogen-bond acceptors (Lipinski definition) is 4. The average Bonchev–Trinajstić information content (AvgIpc) is 3.37. The third-order valence-electron chi connectivity index (χ3n) is 5.52. The summed E-state index contributed by atoms with van der Waals surface area (Å²) in [6.07, 6.45) is 4.88. The topological polar surface area (TPSA) is 51.0 Å². The SMILES string of the molecule is Cc1ccc(NC(C)(c2nnc(-c3ccccc3)o2)C2CCCC2)cc1. The summed E-state index contributed by atoms with van der Waals surface area (Å²) in [6.45, 7) is 4.30. The van der Waals surface area contributed by atoms with Crippen LogP contribution in [0.25, 0.3) is 11.5 Å². The van der Waals surface area contributed by atoms with Crippen LogP contribution in [0.4, 0.5) is 5.69 Å². The van der Waals surface area contributed by atoms with E-state index in [0.29, 0.717) is 17.7 Å². The molecule has 1 N–H and O–H groups in total. The normalized spacial score (nSPS) is 17.2. The van der Waals surface area contributed by atoms with Crippen LogP contribution in [0.3, 0.4) is 0 Å². The van der Waals surface area contributed by atoms with Gasteiger partial charge in [-0.3, -0.25) is 0 Å². The Kier molecular flexibility index (Phi) is 4.49. The first-order valence-corrected chi connectivity index (χ1v) is 9.39. The average molecular weight is 347 g/mol. The van der Waals surface area contributed by atoms with Crippen LogP contribution in [0.15, 0.2) is 59.0 Å². The van der Waals surface area contributed by atoms with Gasteiger partial charge < -0.3 is 9.73 Å². The number of aryl methyl sites for hydroxylation is 1. The van der Waals surface area contributed by atoms with Gasteiger partial charge in [-0.1, -0.05) is 48.7 Å². The molecule has 1 heterocycles. The molecular formula is C22H25N3O. The zero-order chi connectivity index (χ0) is 18.0. The molecule has 1 aliphatic carbocycles. The Morgan fingerprint density at radius 2 is 1.65 bits per heavy atom. The highest BCUT2D eigenvalue weighted by Crippen LogP contribution is 2.42. The van der Waals surface area contributed by atoms with Crippen LogP contribution >= 0.6 is 0 Å². The van der Waals surface area contributed by atoms with E-state index >= 15 is 0 Å². The summed E-state index contributed by atoms with van der Waals surface area (Å²) in [6, 6.07) is 18.5. The fourth-order valence-corrected chi connectivity index (χ4v) is 3.90. The Labute approximate surface area is 154 Å². The molecular weight excluding hydrogens is 322 g/mol. The molecule has 0 bridgehead atoms. The molecule has 0 saturated heterocycles. The van der Waals surface area contributed by atoms with Crippen molar-refractivity contribution in [1.29, 1.82) is 0 Å². The Morgan fingerprint density at radius 3 is 2.35 bits per heavy atom. The molecule has 3 aromatic rings. The molecule has 0 aliphatic heterocycles. The van der Waals surface area contributed by atoms with Gasteiger partial charge in [-0.2, -0.15) is 0 Å². The van der Waals surface area contributed by atoms with Crippen molar-refractivity contribution < 1.29 is 4.42 Å². The summed E-state index contributed by atoms with van der Waals surface area (Å²) in [5.41, 5.74) is 2.92. The van der Waals surface area contributed by atoms with Gasteiger partial charge in [0.25, 0.3) is 0 Å². The molecule has 134 valence electrons. The van der Waals surface area contributed by atoms with Crippen molar-refractivity contribution in [2.24, 2.45) is 5.92 Å². The highest BCUT2D eigenvalue weighted by atomic mass is 16.4. The minimum atomic E-state index is -0.369. The van der Waals surface area contributed by atoms with Gasteiger partial charge in [0.15, 0.2) is 0 Å². The lowest BCUT2D eigenvalue weighted by Gasteiger charge is -2.34. The molecule has 26 heavy (non-hydrogen) atoms. The quantitative estimate of drug-likeness (QED) is 0.656. The fourth-order valence-electron chi connectivity index (χ4n) is 3.90. The zero-order valence-electron chi connectivity index (χ0n) is 15.4. The first-order chi connectivity index (χ1) is 12.6. The maximum atomic E-state index is 6.16. The molecule has 1 fully saturated rings. The number of nitrogens with zero attached hydrogens (tertiary/aromatic N) is 2. The van der Waals surface area contributed by atoms with Crippen molar-refractivity contribution in [3.8, 4) is 11.5 Å². The van der Waals surface area contributed by atoms with E-state index in [2.05, 4.69) is 53.6 Å². The van der Waals surface area contributed by atoms with Gasteiger partial charge >= 0.3 is 0 Å². The van der Waals surface area contributed by atoms with Gasteiger partial charge in [0.05, 0.1) is 0 Å². The van der Waals surface area contributed by atoms with Gasteiger partial charge in [-0.25, -0.2) is 0 Å². The minimum Gasteiger partial charge on any atom is -0.418 e. The van der Waals surface area contributed by atoms with E-state index in [-0.39, 0.29) is 5.54 Å². The Morgan fingerprint density at radius 1 is 0.962 bits per heavy atom. The molecule has 4 nitrogen and oxygen atoms in total. The van der Waals surface area contributed by atoms with Gasteiger partial charge in [0, 0.05) is 11.3 Å². The smallest absolute Gasteiger partial charge is 0.247 e. The van der Waals surface area contributed by atoms with Gasteiger partial charge in [0.1, 0.15) is 5.54 Å². The second-order valence-corrected chi connectivity index (χ2v) is 7.45. The lowest BCUT2D eigenvalue weighted by molar-refractivity contribution is 0.271. The first kappa shape index (κ1) is 16.8. The summed E-state index contributed by atoms with van der Waals surface area (Å²) >= 11 is 0.